The summed E-state index contributed by atoms with van der Waals surface area (Å²) in [6.45, 7) is 0. The first-order chi connectivity index (χ1) is 15.2. The van der Waals surface area contributed by atoms with Crippen LogP contribution in [-0.2, 0) is 12.6 Å². The number of aromatic hydroxyl groups is 1. The average molecular weight is 442 g/mol. The van der Waals surface area contributed by atoms with Crippen molar-refractivity contribution in [3.63, 3.8) is 0 Å². The fourth-order valence-corrected chi connectivity index (χ4v) is 3.39. The normalized spacial score (nSPS) is 11.6. The molecule has 0 bridgehead atoms. The summed E-state index contributed by atoms with van der Waals surface area (Å²) in [6.07, 6.45) is -3.66. The molecule has 0 spiro atoms. The number of carbonyl (C=O) groups excluding carboxylic acids is 1. The van der Waals surface area contributed by atoms with E-state index in [2.05, 4.69) is 4.98 Å². The van der Waals surface area contributed by atoms with Crippen LogP contribution in [0.1, 0.15) is 21.5 Å². The smallest absolute Gasteiger partial charge is 0.416 e. The van der Waals surface area contributed by atoms with Gasteiger partial charge in [0.15, 0.2) is 11.4 Å². The number of alkyl halides is 3. The molecule has 2 heterocycles. The molecule has 5 nitrogen and oxygen atoms in total. The largest absolute Gasteiger partial charge is 0.506 e. The summed E-state index contributed by atoms with van der Waals surface area (Å²) >= 11 is 0. The maximum atomic E-state index is 13.3. The summed E-state index contributed by atoms with van der Waals surface area (Å²) in [4.78, 5) is 30.2. The van der Waals surface area contributed by atoms with Crippen molar-refractivity contribution in [3.8, 4) is 11.4 Å². The second-order valence-electron chi connectivity index (χ2n) is 7.01. The lowest BCUT2D eigenvalue weighted by molar-refractivity contribution is -0.137. The highest BCUT2D eigenvalue weighted by molar-refractivity contribution is 6.04. The average Bonchev–Trinajstić information content (AvgIpc) is 2.75. The maximum absolute atomic E-state index is 13.3. The van der Waals surface area contributed by atoms with Crippen LogP contribution in [0.5, 0.6) is 5.75 Å². The van der Waals surface area contributed by atoms with Gasteiger partial charge in [-0.25, -0.2) is 9.37 Å². The number of fused-ring (bicyclic) bond motifs is 1. The van der Waals surface area contributed by atoms with Crippen molar-refractivity contribution >= 4 is 16.8 Å². The number of halogens is 4. The van der Waals surface area contributed by atoms with Gasteiger partial charge in [0.2, 0.25) is 0 Å². The Morgan fingerprint density at radius 3 is 2.44 bits per heavy atom. The second-order valence-corrected chi connectivity index (χ2v) is 7.01. The molecule has 0 radical (unpaired) electrons. The number of rotatable bonds is 4. The summed E-state index contributed by atoms with van der Waals surface area (Å²) < 4.78 is 53.7. The number of aromatic nitrogens is 2. The maximum Gasteiger partial charge on any atom is 0.416 e. The minimum Gasteiger partial charge on any atom is -0.506 e. The third kappa shape index (κ3) is 3.84. The van der Waals surface area contributed by atoms with Gasteiger partial charge in [-0.05, 0) is 48.0 Å². The first kappa shape index (κ1) is 21.2. The lowest BCUT2D eigenvalue weighted by Crippen LogP contribution is -2.27. The lowest BCUT2D eigenvalue weighted by Gasteiger charge is -2.15. The number of ketones is 1. The molecule has 2 aromatic carbocycles. The van der Waals surface area contributed by atoms with Crippen molar-refractivity contribution in [3.05, 3.63) is 99.7 Å². The molecule has 0 fully saturated rings. The van der Waals surface area contributed by atoms with E-state index < -0.39 is 40.2 Å². The summed E-state index contributed by atoms with van der Waals surface area (Å²) in [5.41, 5.74) is -2.46. The summed E-state index contributed by atoms with van der Waals surface area (Å²) in [5, 5.41) is 10.7. The Hall–Kier alpha value is -4.01. The number of nitrogens with zero attached hydrogens (tertiary/aromatic N) is 2. The Morgan fingerprint density at radius 1 is 1.03 bits per heavy atom. The van der Waals surface area contributed by atoms with E-state index in [1.54, 1.807) is 0 Å². The molecule has 32 heavy (non-hydrogen) atoms. The molecule has 4 aromatic rings. The third-order valence-electron chi connectivity index (χ3n) is 4.90. The first-order valence-electron chi connectivity index (χ1n) is 9.35. The zero-order chi connectivity index (χ0) is 23.0. The van der Waals surface area contributed by atoms with Gasteiger partial charge in [0.1, 0.15) is 17.1 Å². The van der Waals surface area contributed by atoms with Gasteiger partial charge in [0.25, 0.3) is 5.56 Å². The van der Waals surface area contributed by atoms with E-state index in [9.17, 15) is 32.3 Å². The van der Waals surface area contributed by atoms with Crippen LogP contribution in [0.2, 0.25) is 0 Å². The van der Waals surface area contributed by atoms with Crippen molar-refractivity contribution in [1.82, 2.24) is 9.55 Å². The number of carbonyl (C=O) groups is 1. The van der Waals surface area contributed by atoms with Gasteiger partial charge in [0.05, 0.1) is 16.6 Å². The zero-order valence-electron chi connectivity index (χ0n) is 16.2. The van der Waals surface area contributed by atoms with Crippen molar-refractivity contribution in [1.29, 1.82) is 0 Å². The topological polar surface area (TPSA) is 72.2 Å². The SMILES string of the molecule is O=C(Cc1ccc(F)cc1)c1c(O)c2cccnc2n(-c2cccc(C(F)(F)F)c2)c1=O. The molecule has 0 aliphatic rings. The Morgan fingerprint density at radius 2 is 1.75 bits per heavy atom. The number of Topliss-reactive ketones (excluding diaryl/α,β-unsaturated/α-hetero) is 1. The van der Waals surface area contributed by atoms with E-state index in [-0.39, 0.29) is 23.1 Å². The van der Waals surface area contributed by atoms with E-state index in [1.165, 1.54) is 36.5 Å². The van der Waals surface area contributed by atoms with Crippen LogP contribution >= 0.6 is 0 Å². The Kier molecular flexibility index (Phi) is 5.25. The van der Waals surface area contributed by atoms with Crippen molar-refractivity contribution in [2.45, 2.75) is 12.6 Å². The van der Waals surface area contributed by atoms with Crippen molar-refractivity contribution in [2.75, 3.05) is 0 Å². The Balaban J connectivity index is 1.94. The standard InChI is InChI=1S/C23H14F4N2O3/c24-15-8-6-13(7-9-15)11-18(30)19-20(31)17-5-2-10-28-21(17)29(22(19)32)16-4-1-3-14(12-16)23(25,26)27/h1-10,12,31H,11H2. The van der Waals surface area contributed by atoms with Gasteiger partial charge in [-0.3, -0.25) is 14.2 Å². The fraction of sp³-hybridized carbons (Fsp3) is 0.0870. The predicted octanol–water partition coefficient (Wildman–Crippen LogP) is 4.67. The van der Waals surface area contributed by atoms with E-state index in [4.69, 9.17) is 0 Å². The zero-order valence-corrected chi connectivity index (χ0v) is 16.2. The van der Waals surface area contributed by atoms with Crippen LogP contribution in [0.15, 0.2) is 71.7 Å². The highest BCUT2D eigenvalue weighted by Gasteiger charge is 2.31. The van der Waals surface area contributed by atoms with Crippen LogP contribution in [0.3, 0.4) is 0 Å². The molecular formula is C23H14F4N2O3. The number of hydrogen-bond donors (Lipinski definition) is 1. The van der Waals surface area contributed by atoms with Gasteiger partial charge < -0.3 is 5.11 Å². The molecule has 4 rings (SSSR count). The monoisotopic (exact) mass is 442 g/mol. The first-order valence-corrected chi connectivity index (χ1v) is 9.35. The summed E-state index contributed by atoms with van der Waals surface area (Å²) in [7, 11) is 0. The molecule has 0 saturated heterocycles. The van der Waals surface area contributed by atoms with Crippen LogP contribution in [0.25, 0.3) is 16.7 Å². The molecule has 0 aliphatic carbocycles. The third-order valence-corrected chi connectivity index (χ3v) is 4.90. The second kappa shape index (κ2) is 7.92. The van der Waals surface area contributed by atoms with Gasteiger partial charge in [-0.15, -0.1) is 0 Å². The van der Waals surface area contributed by atoms with Crippen LogP contribution in [-0.4, -0.2) is 20.4 Å². The van der Waals surface area contributed by atoms with E-state index in [0.29, 0.717) is 5.56 Å². The van der Waals surface area contributed by atoms with Gasteiger partial charge in [-0.1, -0.05) is 18.2 Å². The number of benzene rings is 2. The Labute approximate surface area is 178 Å². The van der Waals surface area contributed by atoms with Crippen molar-refractivity contribution in [2.24, 2.45) is 0 Å². The van der Waals surface area contributed by atoms with E-state index >= 15 is 0 Å². The molecule has 9 heteroatoms. The Bertz CT molecular complexity index is 1390. The van der Waals surface area contributed by atoms with Crippen LogP contribution < -0.4 is 5.56 Å². The minimum absolute atomic E-state index is 0.0203. The number of pyridine rings is 2. The molecule has 0 aliphatic heterocycles. The van der Waals surface area contributed by atoms with Gasteiger partial charge in [0, 0.05) is 12.6 Å². The highest BCUT2D eigenvalue weighted by Crippen LogP contribution is 2.32. The summed E-state index contributed by atoms with van der Waals surface area (Å²) in [5.74, 6) is -1.90. The molecule has 162 valence electrons. The molecule has 0 atom stereocenters. The van der Waals surface area contributed by atoms with E-state index in [1.807, 2.05) is 0 Å². The lowest BCUT2D eigenvalue weighted by atomic mass is 10.0. The molecule has 0 saturated carbocycles. The quantitative estimate of drug-likeness (QED) is 0.368. The van der Waals surface area contributed by atoms with Crippen molar-refractivity contribution < 1.29 is 27.5 Å². The summed E-state index contributed by atoms with van der Waals surface area (Å²) in [6, 6.07) is 11.9. The highest BCUT2D eigenvalue weighted by atomic mass is 19.4. The van der Waals surface area contributed by atoms with Gasteiger partial charge in [-0.2, -0.15) is 13.2 Å². The molecule has 0 unspecified atom stereocenters. The van der Waals surface area contributed by atoms with Crippen LogP contribution in [0, 0.1) is 5.82 Å². The van der Waals surface area contributed by atoms with E-state index in [0.717, 1.165) is 34.9 Å². The molecule has 0 amide bonds. The predicted molar refractivity (Wildman–Crippen MR) is 108 cm³/mol. The fourth-order valence-electron chi connectivity index (χ4n) is 3.39. The van der Waals surface area contributed by atoms with Gasteiger partial charge >= 0.3 is 6.18 Å². The molecular weight excluding hydrogens is 428 g/mol. The van der Waals surface area contributed by atoms with Crippen LogP contribution in [0.4, 0.5) is 17.6 Å². The number of hydrogen-bond acceptors (Lipinski definition) is 4. The minimum atomic E-state index is -4.65. The molecule has 2 aromatic heterocycles. The molecule has 1 N–H and O–H groups in total.